The van der Waals surface area contributed by atoms with Crippen molar-refractivity contribution >= 4 is 17.4 Å². The number of anilines is 2. The van der Waals surface area contributed by atoms with E-state index >= 15 is 0 Å². The van der Waals surface area contributed by atoms with Gasteiger partial charge in [-0.1, -0.05) is 30.3 Å². The number of aromatic amines is 1. The van der Waals surface area contributed by atoms with Gasteiger partial charge in [-0.3, -0.25) is 4.79 Å². The molecule has 0 aliphatic carbocycles. The van der Waals surface area contributed by atoms with Crippen LogP contribution in [0.3, 0.4) is 0 Å². The number of nitrogens with one attached hydrogen (secondary N) is 3. The lowest BCUT2D eigenvalue weighted by Gasteiger charge is -2.04. The molecule has 1 aromatic heterocycles. The number of benzene rings is 2. The number of nitrogens with zero attached hydrogens (tertiary/aromatic N) is 1. The summed E-state index contributed by atoms with van der Waals surface area (Å²) in [5.41, 5.74) is 4.52. The molecular formula is C19H18N4O. The van der Waals surface area contributed by atoms with E-state index < -0.39 is 0 Å². The van der Waals surface area contributed by atoms with Crippen LogP contribution in [0.15, 0.2) is 54.7 Å². The van der Waals surface area contributed by atoms with E-state index in [4.69, 9.17) is 0 Å². The SMILES string of the molecule is O=C(Cc1ccccc1)Nc1cnc(-c2ccc3c(c2)CCN3)[nH]1. The number of amides is 1. The second kappa shape index (κ2) is 6.20. The molecule has 2 heterocycles. The van der Waals surface area contributed by atoms with Gasteiger partial charge in [0.1, 0.15) is 11.6 Å². The smallest absolute Gasteiger partial charge is 0.229 e. The van der Waals surface area contributed by atoms with Gasteiger partial charge < -0.3 is 15.6 Å². The fourth-order valence-electron chi connectivity index (χ4n) is 2.96. The predicted molar refractivity (Wildman–Crippen MR) is 95.0 cm³/mol. The first-order valence-electron chi connectivity index (χ1n) is 8.04. The molecule has 0 spiro atoms. The maximum absolute atomic E-state index is 12.1. The zero-order valence-corrected chi connectivity index (χ0v) is 13.2. The van der Waals surface area contributed by atoms with E-state index in [0.29, 0.717) is 12.2 Å². The minimum Gasteiger partial charge on any atom is -0.384 e. The molecule has 0 unspecified atom stereocenters. The number of aromatic nitrogens is 2. The summed E-state index contributed by atoms with van der Waals surface area (Å²) in [6, 6.07) is 15.9. The van der Waals surface area contributed by atoms with Gasteiger partial charge >= 0.3 is 0 Å². The highest BCUT2D eigenvalue weighted by Crippen LogP contribution is 2.27. The second-order valence-electron chi connectivity index (χ2n) is 5.90. The van der Waals surface area contributed by atoms with Gasteiger partial charge in [0.2, 0.25) is 5.91 Å². The molecule has 0 bridgehead atoms. The van der Waals surface area contributed by atoms with E-state index in [1.54, 1.807) is 6.20 Å². The van der Waals surface area contributed by atoms with Gasteiger partial charge in [-0.05, 0) is 35.7 Å². The van der Waals surface area contributed by atoms with E-state index in [0.717, 1.165) is 29.9 Å². The Morgan fingerprint density at radius 2 is 2.04 bits per heavy atom. The molecule has 0 radical (unpaired) electrons. The van der Waals surface area contributed by atoms with Crippen LogP contribution in [0.2, 0.25) is 0 Å². The van der Waals surface area contributed by atoms with Crippen molar-refractivity contribution in [3.05, 3.63) is 65.9 Å². The maximum atomic E-state index is 12.1. The Labute approximate surface area is 140 Å². The quantitative estimate of drug-likeness (QED) is 0.692. The Balaban J connectivity index is 1.46. The first kappa shape index (κ1) is 14.5. The Bertz CT molecular complexity index is 870. The zero-order chi connectivity index (χ0) is 16.4. The summed E-state index contributed by atoms with van der Waals surface area (Å²) in [6.07, 6.45) is 3.04. The molecule has 0 saturated carbocycles. The number of carbonyl (C=O) groups excluding carboxylic acids is 1. The van der Waals surface area contributed by atoms with Crippen molar-refractivity contribution in [3.63, 3.8) is 0 Å². The summed E-state index contributed by atoms with van der Waals surface area (Å²) in [5.74, 6) is 1.32. The molecular weight excluding hydrogens is 300 g/mol. The Morgan fingerprint density at radius 1 is 1.17 bits per heavy atom. The van der Waals surface area contributed by atoms with E-state index in [-0.39, 0.29) is 5.91 Å². The summed E-state index contributed by atoms with van der Waals surface area (Å²) in [7, 11) is 0. The van der Waals surface area contributed by atoms with Crippen LogP contribution in [0.1, 0.15) is 11.1 Å². The Hall–Kier alpha value is -3.08. The highest BCUT2D eigenvalue weighted by Gasteiger charge is 2.13. The first-order chi connectivity index (χ1) is 11.8. The molecule has 1 amide bonds. The third-order valence-electron chi connectivity index (χ3n) is 4.15. The predicted octanol–water partition coefficient (Wildman–Crippen LogP) is 3.23. The number of rotatable bonds is 4. The van der Waals surface area contributed by atoms with Gasteiger partial charge in [-0.25, -0.2) is 4.98 Å². The van der Waals surface area contributed by atoms with E-state index in [1.165, 1.54) is 11.3 Å². The number of fused-ring (bicyclic) bond motifs is 1. The molecule has 1 aliphatic heterocycles. The highest BCUT2D eigenvalue weighted by atomic mass is 16.1. The molecule has 0 atom stereocenters. The summed E-state index contributed by atoms with van der Waals surface area (Å²) in [6.45, 7) is 0.984. The van der Waals surface area contributed by atoms with E-state index in [2.05, 4.69) is 32.7 Å². The molecule has 2 aromatic carbocycles. The van der Waals surface area contributed by atoms with Crippen LogP contribution in [-0.4, -0.2) is 22.4 Å². The van der Waals surface area contributed by atoms with Gasteiger partial charge in [0, 0.05) is 17.8 Å². The monoisotopic (exact) mass is 318 g/mol. The second-order valence-corrected chi connectivity index (χ2v) is 5.90. The van der Waals surface area contributed by atoms with Crippen LogP contribution in [0.4, 0.5) is 11.5 Å². The molecule has 4 rings (SSSR count). The molecule has 120 valence electrons. The molecule has 0 fully saturated rings. The van der Waals surface area contributed by atoms with Crippen LogP contribution >= 0.6 is 0 Å². The minimum absolute atomic E-state index is 0.0606. The molecule has 1 aliphatic rings. The zero-order valence-electron chi connectivity index (χ0n) is 13.2. The number of H-pyrrole nitrogens is 1. The van der Waals surface area contributed by atoms with Gasteiger partial charge in [0.25, 0.3) is 0 Å². The third kappa shape index (κ3) is 3.01. The van der Waals surface area contributed by atoms with Crippen molar-refractivity contribution in [1.82, 2.24) is 9.97 Å². The van der Waals surface area contributed by atoms with Crippen molar-refractivity contribution in [2.75, 3.05) is 17.2 Å². The van der Waals surface area contributed by atoms with Crippen LogP contribution in [0.25, 0.3) is 11.4 Å². The number of imidazole rings is 1. The van der Waals surface area contributed by atoms with E-state index in [9.17, 15) is 4.79 Å². The van der Waals surface area contributed by atoms with Crippen molar-refractivity contribution in [2.45, 2.75) is 12.8 Å². The molecule has 24 heavy (non-hydrogen) atoms. The van der Waals surface area contributed by atoms with Crippen LogP contribution < -0.4 is 10.6 Å². The topological polar surface area (TPSA) is 69.8 Å². The minimum atomic E-state index is -0.0606. The van der Waals surface area contributed by atoms with Crippen LogP contribution in [0.5, 0.6) is 0 Å². The van der Waals surface area contributed by atoms with E-state index in [1.807, 2.05) is 36.4 Å². The fraction of sp³-hybridized carbons (Fsp3) is 0.158. The number of hydrogen-bond donors (Lipinski definition) is 3. The van der Waals surface area contributed by atoms with Gasteiger partial charge in [0.15, 0.2) is 0 Å². The van der Waals surface area contributed by atoms with Crippen LogP contribution in [0, 0.1) is 0 Å². The number of carbonyl (C=O) groups is 1. The Kier molecular flexibility index (Phi) is 3.75. The van der Waals surface area contributed by atoms with Gasteiger partial charge in [-0.15, -0.1) is 0 Å². The summed E-state index contributed by atoms with van der Waals surface area (Å²) >= 11 is 0. The largest absolute Gasteiger partial charge is 0.384 e. The Morgan fingerprint density at radius 3 is 2.92 bits per heavy atom. The highest BCUT2D eigenvalue weighted by molar-refractivity contribution is 5.91. The normalized spacial score (nSPS) is 12.5. The fourth-order valence-corrected chi connectivity index (χ4v) is 2.96. The lowest BCUT2D eigenvalue weighted by molar-refractivity contribution is -0.115. The standard InChI is InChI=1S/C19H18N4O/c24-18(10-13-4-2-1-3-5-13)22-17-12-21-19(23-17)15-6-7-16-14(11-15)8-9-20-16/h1-7,11-12,20H,8-10H2,(H,21,23)(H,22,24). The first-order valence-corrected chi connectivity index (χ1v) is 8.04. The number of hydrogen-bond acceptors (Lipinski definition) is 3. The lowest BCUT2D eigenvalue weighted by atomic mass is 10.1. The summed E-state index contributed by atoms with van der Waals surface area (Å²) in [5, 5.41) is 6.21. The van der Waals surface area contributed by atoms with Gasteiger partial charge in [0.05, 0.1) is 12.6 Å². The molecule has 3 aromatic rings. The average Bonchev–Trinajstić information content (AvgIpc) is 3.24. The third-order valence-corrected chi connectivity index (χ3v) is 4.15. The summed E-state index contributed by atoms with van der Waals surface area (Å²) < 4.78 is 0. The lowest BCUT2D eigenvalue weighted by Crippen LogP contribution is -2.14. The van der Waals surface area contributed by atoms with Crippen molar-refractivity contribution in [3.8, 4) is 11.4 Å². The van der Waals surface area contributed by atoms with Crippen LogP contribution in [-0.2, 0) is 17.6 Å². The van der Waals surface area contributed by atoms with Crippen molar-refractivity contribution in [1.29, 1.82) is 0 Å². The molecule has 0 saturated heterocycles. The average molecular weight is 318 g/mol. The van der Waals surface area contributed by atoms with Crippen molar-refractivity contribution in [2.24, 2.45) is 0 Å². The van der Waals surface area contributed by atoms with Crippen molar-refractivity contribution < 1.29 is 4.79 Å². The molecule has 5 heteroatoms. The molecule has 5 nitrogen and oxygen atoms in total. The van der Waals surface area contributed by atoms with Gasteiger partial charge in [-0.2, -0.15) is 0 Å². The maximum Gasteiger partial charge on any atom is 0.229 e. The molecule has 3 N–H and O–H groups in total. The summed E-state index contributed by atoms with van der Waals surface area (Å²) in [4.78, 5) is 19.7.